The van der Waals surface area contributed by atoms with E-state index in [4.69, 9.17) is 4.74 Å². The maximum atomic E-state index is 12.8. The minimum atomic E-state index is -0.582. The maximum absolute atomic E-state index is 12.8. The highest BCUT2D eigenvalue weighted by Crippen LogP contribution is 2.44. The molecule has 2 saturated heterocycles. The lowest BCUT2D eigenvalue weighted by Gasteiger charge is -2.51. The third kappa shape index (κ3) is 3.90. The van der Waals surface area contributed by atoms with Crippen LogP contribution in [-0.4, -0.2) is 33.8 Å². The quantitative estimate of drug-likeness (QED) is 0.853. The fourth-order valence-electron chi connectivity index (χ4n) is 5.54. The number of fused-ring (bicyclic) bond motifs is 2. The first kappa shape index (κ1) is 17.8. The van der Waals surface area contributed by atoms with Gasteiger partial charge in [0.05, 0.1) is 5.60 Å². The predicted octanol–water partition coefficient (Wildman–Crippen LogP) is 4.65. The Morgan fingerprint density at radius 2 is 1.69 bits per heavy atom. The Bertz CT molecular complexity index is 597. The lowest BCUT2D eigenvalue weighted by Crippen LogP contribution is -2.60. The van der Waals surface area contributed by atoms with Crippen molar-refractivity contribution in [2.45, 2.75) is 88.5 Å². The minimum Gasteiger partial charge on any atom is -0.445 e. The molecule has 0 spiro atoms. The molecule has 1 aromatic carbocycles. The molecule has 3 fully saturated rings. The molecular weight excluding hydrogens is 326 g/mol. The van der Waals surface area contributed by atoms with E-state index < -0.39 is 5.60 Å². The topological polar surface area (TPSA) is 49.8 Å². The van der Waals surface area contributed by atoms with Crippen molar-refractivity contribution < 1.29 is 14.6 Å². The predicted molar refractivity (Wildman–Crippen MR) is 101 cm³/mol. The lowest BCUT2D eigenvalue weighted by atomic mass is 9.72. The van der Waals surface area contributed by atoms with Crippen LogP contribution >= 0.6 is 0 Å². The normalized spacial score (nSPS) is 31.8. The maximum Gasteiger partial charge on any atom is 0.410 e. The highest BCUT2D eigenvalue weighted by molar-refractivity contribution is 5.69. The lowest BCUT2D eigenvalue weighted by molar-refractivity contribution is -0.0954. The summed E-state index contributed by atoms with van der Waals surface area (Å²) in [6.07, 6.45) is 10.4. The second-order valence-electron chi connectivity index (χ2n) is 8.67. The van der Waals surface area contributed by atoms with Gasteiger partial charge in [0.15, 0.2) is 0 Å². The van der Waals surface area contributed by atoms with Gasteiger partial charge in [-0.3, -0.25) is 0 Å². The van der Waals surface area contributed by atoms with E-state index in [1.54, 1.807) is 0 Å². The summed E-state index contributed by atoms with van der Waals surface area (Å²) in [6.45, 7) is 0.321. The standard InChI is InChI=1S/C22H31NO3/c24-21(26-16-18-9-2-1-3-10-18)23-19-11-6-12-20(23)15-22(25,14-19)13-17-7-4-5-8-17/h1-3,9-10,17,19-20,25H,4-8,11-16H2. The number of nitrogens with zero attached hydrogens (tertiary/aromatic N) is 1. The van der Waals surface area contributed by atoms with Crippen molar-refractivity contribution in [3.63, 3.8) is 0 Å². The molecule has 1 aliphatic carbocycles. The smallest absolute Gasteiger partial charge is 0.410 e. The van der Waals surface area contributed by atoms with Crippen molar-refractivity contribution in [3.8, 4) is 0 Å². The van der Waals surface area contributed by atoms with Gasteiger partial charge in [0.25, 0.3) is 0 Å². The zero-order valence-electron chi connectivity index (χ0n) is 15.6. The molecule has 26 heavy (non-hydrogen) atoms. The molecule has 142 valence electrons. The highest BCUT2D eigenvalue weighted by Gasteiger charge is 2.48. The van der Waals surface area contributed by atoms with Gasteiger partial charge in [0.1, 0.15) is 6.61 Å². The first-order chi connectivity index (χ1) is 12.6. The van der Waals surface area contributed by atoms with Crippen LogP contribution in [0.3, 0.4) is 0 Å². The first-order valence-corrected chi connectivity index (χ1v) is 10.3. The molecule has 4 nitrogen and oxygen atoms in total. The summed E-state index contributed by atoms with van der Waals surface area (Å²) in [4.78, 5) is 14.7. The molecule has 2 bridgehead atoms. The molecular formula is C22H31NO3. The molecule has 3 aliphatic rings. The van der Waals surface area contributed by atoms with Crippen LogP contribution in [0.2, 0.25) is 0 Å². The van der Waals surface area contributed by atoms with Gasteiger partial charge >= 0.3 is 6.09 Å². The summed E-state index contributed by atoms with van der Waals surface area (Å²) >= 11 is 0. The number of hydrogen-bond acceptors (Lipinski definition) is 3. The molecule has 4 rings (SSSR count). The van der Waals surface area contributed by atoms with Crippen molar-refractivity contribution in [1.29, 1.82) is 0 Å². The third-order valence-electron chi connectivity index (χ3n) is 6.65. The van der Waals surface area contributed by atoms with Gasteiger partial charge in [0, 0.05) is 12.1 Å². The van der Waals surface area contributed by atoms with E-state index in [0.29, 0.717) is 12.5 Å². The summed E-state index contributed by atoms with van der Waals surface area (Å²) in [5.74, 6) is 0.678. The van der Waals surface area contributed by atoms with Crippen molar-refractivity contribution in [2.24, 2.45) is 5.92 Å². The van der Waals surface area contributed by atoms with E-state index in [0.717, 1.165) is 44.1 Å². The largest absolute Gasteiger partial charge is 0.445 e. The van der Waals surface area contributed by atoms with Crippen LogP contribution in [-0.2, 0) is 11.3 Å². The fourth-order valence-corrected chi connectivity index (χ4v) is 5.54. The summed E-state index contributed by atoms with van der Waals surface area (Å²) in [5.41, 5.74) is 0.432. The van der Waals surface area contributed by atoms with Crippen LogP contribution in [0.4, 0.5) is 4.79 Å². The number of aliphatic hydroxyl groups is 1. The summed E-state index contributed by atoms with van der Waals surface area (Å²) < 4.78 is 5.61. The summed E-state index contributed by atoms with van der Waals surface area (Å²) in [6, 6.07) is 10.1. The number of piperidine rings is 2. The second kappa shape index (κ2) is 7.59. The van der Waals surface area contributed by atoms with Gasteiger partial charge in [-0.25, -0.2) is 4.79 Å². The van der Waals surface area contributed by atoms with Gasteiger partial charge < -0.3 is 14.7 Å². The Hall–Kier alpha value is -1.55. The average Bonchev–Trinajstić information content (AvgIpc) is 3.12. The number of carbonyl (C=O) groups is 1. The van der Waals surface area contributed by atoms with Crippen molar-refractivity contribution in [3.05, 3.63) is 35.9 Å². The fraction of sp³-hybridized carbons (Fsp3) is 0.682. The molecule has 2 unspecified atom stereocenters. The third-order valence-corrected chi connectivity index (χ3v) is 6.65. The van der Waals surface area contributed by atoms with Gasteiger partial charge in [0.2, 0.25) is 0 Å². The molecule has 0 radical (unpaired) electrons. The van der Waals surface area contributed by atoms with Crippen molar-refractivity contribution in [2.75, 3.05) is 0 Å². The zero-order valence-corrected chi connectivity index (χ0v) is 15.6. The second-order valence-corrected chi connectivity index (χ2v) is 8.67. The van der Waals surface area contributed by atoms with Crippen molar-refractivity contribution >= 4 is 6.09 Å². The van der Waals surface area contributed by atoms with Crippen LogP contribution in [0.15, 0.2) is 30.3 Å². The molecule has 1 amide bonds. The number of amides is 1. The highest BCUT2D eigenvalue weighted by atomic mass is 16.6. The number of benzene rings is 1. The SMILES string of the molecule is O=C(OCc1ccccc1)N1C2CCCC1CC(O)(CC1CCCC1)C2. The summed E-state index contributed by atoms with van der Waals surface area (Å²) in [5, 5.41) is 11.3. The van der Waals surface area contributed by atoms with E-state index in [-0.39, 0.29) is 18.2 Å². The van der Waals surface area contributed by atoms with Gasteiger partial charge in [-0.2, -0.15) is 0 Å². The average molecular weight is 357 g/mol. The van der Waals surface area contributed by atoms with Crippen LogP contribution in [0.25, 0.3) is 0 Å². The molecule has 1 N–H and O–H groups in total. The van der Waals surface area contributed by atoms with Crippen LogP contribution < -0.4 is 0 Å². The molecule has 0 aromatic heterocycles. The summed E-state index contributed by atoms with van der Waals surface area (Å²) in [7, 11) is 0. The van der Waals surface area contributed by atoms with Crippen LogP contribution in [0, 0.1) is 5.92 Å². The van der Waals surface area contributed by atoms with E-state index in [9.17, 15) is 9.90 Å². The number of ether oxygens (including phenoxy) is 1. The molecule has 1 saturated carbocycles. The van der Waals surface area contributed by atoms with Gasteiger partial charge in [-0.05, 0) is 50.0 Å². The Balaban J connectivity index is 1.39. The minimum absolute atomic E-state index is 0.136. The number of hydrogen-bond donors (Lipinski definition) is 1. The first-order valence-electron chi connectivity index (χ1n) is 10.3. The van der Waals surface area contributed by atoms with E-state index in [1.807, 2.05) is 35.2 Å². The molecule has 1 aromatic rings. The number of carbonyl (C=O) groups excluding carboxylic acids is 1. The van der Waals surface area contributed by atoms with E-state index >= 15 is 0 Å². The zero-order chi connectivity index (χ0) is 18.0. The van der Waals surface area contributed by atoms with Crippen molar-refractivity contribution in [1.82, 2.24) is 4.90 Å². The van der Waals surface area contributed by atoms with Crippen LogP contribution in [0.1, 0.15) is 69.8 Å². The Kier molecular flexibility index (Phi) is 5.21. The van der Waals surface area contributed by atoms with Gasteiger partial charge in [-0.1, -0.05) is 56.0 Å². The van der Waals surface area contributed by atoms with Crippen LogP contribution in [0.5, 0.6) is 0 Å². The monoisotopic (exact) mass is 357 g/mol. The Morgan fingerprint density at radius 3 is 2.35 bits per heavy atom. The number of rotatable bonds is 4. The van der Waals surface area contributed by atoms with Gasteiger partial charge in [-0.15, -0.1) is 0 Å². The molecule has 2 atom stereocenters. The molecule has 2 aliphatic heterocycles. The molecule has 2 heterocycles. The Labute approximate surface area is 156 Å². The Morgan fingerprint density at radius 1 is 1.04 bits per heavy atom. The molecule has 4 heteroatoms. The van der Waals surface area contributed by atoms with E-state index in [2.05, 4.69) is 0 Å². The van der Waals surface area contributed by atoms with E-state index in [1.165, 1.54) is 25.7 Å².